The first-order valence-electron chi connectivity index (χ1n) is 16.3. The second-order valence-electron chi connectivity index (χ2n) is 12.1. The summed E-state index contributed by atoms with van der Waals surface area (Å²) in [5.74, 6) is 0. The molecule has 0 bridgehead atoms. The van der Waals surface area contributed by atoms with Crippen LogP contribution in [0.4, 0.5) is 0 Å². The van der Waals surface area contributed by atoms with Crippen molar-refractivity contribution in [3.05, 3.63) is 83.7 Å². The topological polar surface area (TPSA) is 9.23 Å². The zero-order valence-electron chi connectivity index (χ0n) is 25.0. The van der Waals surface area contributed by atoms with Crippen molar-refractivity contribution < 1.29 is 4.74 Å². The third-order valence-corrected chi connectivity index (χ3v) is 10.6. The van der Waals surface area contributed by atoms with Gasteiger partial charge >= 0.3 is 0 Å². The lowest BCUT2D eigenvalue weighted by atomic mass is 9.97. The van der Waals surface area contributed by atoms with Crippen LogP contribution in [0.25, 0.3) is 65.7 Å². The van der Waals surface area contributed by atoms with Gasteiger partial charge in [0.25, 0.3) is 0 Å². The molecule has 1 aromatic heterocycles. The molecule has 0 saturated carbocycles. The molecule has 7 rings (SSSR count). The van der Waals surface area contributed by atoms with Gasteiger partial charge in [0, 0.05) is 34.1 Å². The van der Waals surface area contributed by atoms with Gasteiger partial charge in [-0.05, 0) is 88.0 Å². The highest BCUT2D eigenvalue weighted by Crippen LogP contribution is 2.58. The molecule has 4 aromatic carbocycles. The summed E-state index contributed by atoms with van der Waals surface area (Å²) in [5.41, 5.74) is 12.5. The normalized spacial score (nSPS) is 12.3. The summed E-state index contributed by atoms with van der Waals surface area (Å²) >= 11 is 2.04. The van der Waals surface area contributed by atoms with Crippen LogP contribution in [0.2, 0.25) is 0 Å². The first-order valence-corrected chi connectivity index (χ1v) is 17.2. The average molecular weight is 571 g/mol. The van der Waals surface area contributed by atoms with Crippen molar-refractivity contribution in [2.75, 3.05) is 13.2 Å². The van der Waals surface area contributed by atoms with Crippen LogP contribution in [-0.4, -0.2) is 13.2 Å². The maximum atomic E-state index is 5.43. The van der Waals surface area contributed by atoms with Crippen molar-refractivity contribution in [1.29, 1.82) is 0 Å². The van der Waals surface area contributed by atoms with E-state index in [1.165, 1.54) is 136 Å². The Morgan fingerprint density at radius 1 is 0.500 bits per heavy atom. The van der Waals surface area contributed by atoms with Crippen molar-refractivity contribution in [3.8, 4) is 54.9 Å². The zero-order valence-corrected chi connectivity index (χ0v) is 25.8. The van der Waals surface area contributed by atoms with Crippen LogP contribution in [0.1, 0.15) is 76.0 Å². The number of ether oxygens (including phenoxy) is 1. The molecule has 0 fully saturated rings. The molecule has 214 valence electrons. The van der Waals surface area contributed by atoms with Gasteiger partial charge in [0.1, 0.15) is 0 Å². The monoisotopic (exact) mass is 570 g/mol. The van der Waals surface area contributed by atoms with Crippen molar-refractivity contribution in [2.24, 2.45) is 0 Å². The van der Waals surface area contributed by atoms with Gasteiger partial charge < -0.3 is 4.74 Å². The van der Waals surface area contributed by atoms with Crippen LogP contribution >= 0.6 is 11.3 Å². The fourth-order valence-electron chi connectivity index (χ4n) is 7.20. The van der Waals surface area contributed by atoms with Gasteiger partial charge in [0.05, 0.1) is 0 Å². The largest absolute Gasteiger partial charge is 0.382 e. The van der Waals surface area contributed by atoms with E-state index >= 15 is 0 Å². The lowest BCUT2D eigenvalue weighted by molar-refractivity contribution is 0.143. The average Bonchev–Trinajstić information content (AvgIpc) is 3.68. The second-order valence-corrected chi connectivity index (χ2v) is 13.3. The molecular formula is C40H42OS. The molecule has 2 aliphatic carbocycles. The van der Waals surface area contributed by atoms with E-state index in [-0.39, 0.29) is 0 Å². The molecule has 5 aromatic rings. The lowest BCUT2D eigenvalue weighted by Gasteiger charge is -2.07. The molecular weight excluding hydrogens is 529 g/mol. The van der Waals surface area contributed by atoms with E-state index in [1.54, 1.807) is 4.88 Å². The fraction of sp³-hybridized carbons (Fsp3) is 0.350. The molecule has 0 N–H and O–H groups in total. The number of aryl methyl sites for hydroxylation is 1. The van der Waals surface area contributed by atoms with E-state index in [9.17, 15) is 0 Å². The van der Waals surface area contributed by atoms with Gasteiger partial charge in [-0.25, -0.2) is 0 Å². The highest BCUT2D eigenvalue weighted by atomic mass is 32.1. The highest BCUT2D eigenvalue weighted by Gasteiger charge is 2.30. The Morgan fingerprint density at radius 2 is 1.10 bits per heavy atom. The van der Waals surface area contributed by atoms with E-state index < -0.39 is 0 Å². The molecule has 2 aliphatic rings. The molecule has 0 atom stereocenters. The molecule has 42 heavy (non-hydrogen) atoms. The van der Waals surface area contributed by atoms with Crippen LogP contribution in [0.3, 0.4) is 0 Å². The van der Waals surface area contributed by atoms with E-state index in [1.807, 2.05) is 11.3 Å². The number of unbranched alkanes of at least 4 members (excludes halogenated alkanes) is 9. The summed E-state index contributed by atoms with van der Waals surface area (Å²) in [6.07, 6.45) is 14.8. The van der Waals surface area contributed by atoms with E-state index in [0.29, 0.717) is 0 Å². The molecule has 0 radical (unpaired) electrons. The van der Waals surface area contributed by atoms with Crippen molar-refractivity contribution in [1.82, 2.24) is 0 Å². The predicted octanol–water partition coefficient (Wildman–Crippen LogP) is 12.3. The SMILES string of the molecule is CCOCCCCCCCCCCCCc1cc2c(s1)-c1ccc3c4c(ccc-2c14)-c1cc(-c2ccccc2)ccc1-3. The van der Waals surface area contributed by atoms with Crippen LogP contribution < -0.4 is 0 Å². The van der Waals surface area contributed by atoms with E-state index in [0.717, 1.165) is 13.2 Å². The van der Waals surface area contributed by atoms with Crippen molar-refractivity contribution in [2.45, 2.75) is 77.6 Å². The van der Waals surface area contributed by atoms with Crippen LogP contribution in [0, 0.1) is 0 Å². The van der Waals surface area contributed by atoms with Crippen molar-refractivity contribution >= 4 is 22.1 Å². The Bertz CT molecular complexity index is 1660. The Kier molecular flexibility index (Phi) is 8.27. The van der Waals surface area contributed by atoms with E-state index in [2.05, 4.69) is 85.8 Å². The molecule has 0 spiro atoms. The molecule has 0 saturated heterocycles. The van der Waals surface area contributed by atoms with Crippen LogP contribution in [0.15, 0.2) is 78.9 Å². The standard InChI is InChI=1S/C40H42OS/c1-2-41-25-15-10-8-6-4-3-5-7-9-14-18-30-27-37-34-22-21-33-36-26-29(28-16-12-11-13-17-28)19-20-31(36)32-23-24-35(40(37)42-30)39(34)38(32)33/h11-13,16-17,19-24,26-27H,2-10,14-15,18,25H2,1H3. The number of thiophene rings is 1. The maximum Gasteiger partial charge on any atom is 0.0465 e. The molecule has 0 amide bonds. The van der Waals surface area contributed by atoms with E-state index in [4.69, 9.17) is 4.74 Å². The van der Waals surface area contributed by atoms with Gasteiger partial charge in [-0.15, -0.1) is 11.3 Å². The molecule has 2 heteroatoms. The Morgan fingerprint density at radius 3 is 1.83 bits per heavy atom. The number of hydrogen-bond acceptors (Lipinski definition) is 2. The number of rotatable bonds is 15. The fourth-order valence-corrected chi connectivity index (χ4v) is 8.44. The number of benzene rings is 4. The summed E-state index contributed by atoms with van der Waals surface area (Å²) in [5, 5.41) is 2.94. The lowest BCUT2D eigenvalue weighted by Crippen LogP contribution is -1.92. The van der Waals surface area contributed by atoms with Gasteiger partial charge in [-0.2, -0.15) is 0 Å². The Balaban J connectivity index is 0.970. The van der Waals surface area contributed by atoms with Crippen molar-refractivity contribution in [3.63, 3.8) is 0 Å². The molecule has 1 nitrogen and oxygen atoms in total. The van der Waals surface area contributed by atoms with Crippen LogP contribution in [0.5, 0.6) is 0 Å². The smallest absolute Gasteiger partial charge is 0.0465 e. The summed E-state index contributed by atoms with van der Waals surface area (Å²) in [7, 11) is 0. The Labute approximate surface area is 255 Å². The highest BCUT2D eigenvalue weighted by molar-refractivity contribution is 7.16. The molecule has 0 aliphatic heterocycles. The maximum absolute atomic E-state index is 5.43. The summed E-state index contributed by atoms with van der Waals surface area (Å²) in [4.78, 5) is 3.05. The Hall–Kier alpha value is -3.20. The van der Waals surface area contributed by atoms with Gasteiger partial charge in [-0.3, -0.25) is 0 Å². The summed E-state index contributed by atoms with van der Waals surface area (Å²) < 4.78 is 5.43. The summed E-state index contributed by atoms with van der Waals surface area (Å²) in [6, 6.07) is 29.9. The number of fused-ring (bicyclic) bond motifs is 6. The quantitative estimate of drug-likeness (QED) is 0.111. The molecule has 0 unspecified atom stereocenters. The third-order valence-electron chi connectivity index (χ3n) is 9.35. The van der Waals surface area contributed by atoms with Gasteiger partial charge in [0.15, 0.2) is 0 Å². The molecule has 1 heterocycles. The predicted molar refractivity (Wildman–Crippen MR) is 182 cm³/mol. The number of hydrogen-bond donors (Lipinski definition) is 0. The van der Waals surface area contributed by atoms with Gasteiger partial charge in [-0.1, -0.05) is 118 Å². The minimum atomic E-state index is 0.854. The summed E-state index contributed by atoms with van der Waals surface area (Å²) in [6.45, 7) is 3.88. The zero-order chi connectivity index (χ0) is 28.3. The minimum Gasteiger partial charge on any atom is -0.382 e. The second kappa shape index (κ2) is 12.6. The minimum absolute atomic E-state index is 0.854. The third kappa shape index (κ3) is 5.25. The van der Waals surface area contributed by atoms with Crippen LogP contribution in [-0.2, 0) is 11.2 Å². The van der Waals surface area contributed by atoms with Gasteiger partial charge in [0.2, 0.25) is 0 Å². The first-order chi connectivity index (χ1) is 20.8. The first kappa shape index (κ1) is 27.6.